The van der Waals surface area contributed by atoms with Crippen LogP contribution in [0, 0.1) is 5.82 Å². The fraction of sp³-hybridized carbons (Fsp3) is 0.100. The van der Waals surface area contributed by atoms with Crippen LogP contribution < -0.4 is 10.4 Å². The van der Waals surface area contributed by atoms with Crippen LogP contribution in [0.25, 0.3) is 17.0 Å². The largest absolute Gasteiger partial charge is 0.497 e. The van der Waals surface area contributed by atoms with E-state index >= 15 is 0 Å². The van der Waals surface area contributed by atoms with Crippen LogP contribution in [0.5, 0.6) is 5.75 Å². The van der Waals surface area contributed by atoms with Gasteiger partial charge in [0.15, 0.2) is 0 Å². The fourth-order valence-electron chi connectivity index (χ4n) is 2.43. The lowest BCUT2D eigenvalue weighted by Crippen LogP contribution is -2.05. The predicted molar refractivity (Wildman–Crippen MR) is 94.3 cm³/mol. The molecule has 0 spiro atoms. The van der Waals surface area contributed by atoms with Crippen molar-refractivity contribution in [1.29, 1.82) is 0 Å². The van der Waals surface area contributed by atoms with Crippen LogP contribution in [-0.2, 0) is 16.1 Å². The van der Waals surface area contributed by atoms with Crippen LogP contribution in [-0.4, -0.2) is 13.1 Å². The van der Waals surface area contributed by atoms with Crippen molar-refractivity contribution in [3.63, 3.8) is 0 Å². The molecule has 1 aromatic heterocycles. The molecule has 0 amide bonds. The maximum atomic E-state index is 13.1. The Morgan fingerprint density at radius 2 is 2.04 bits per heavy atom. The zero-order valence-corrected chi connectivity index (χ0v) is 13.9. The van der Waals surface area contributed by atoms with Gasteiger partial charge in [0.05, 0.1) is 7.11 Å². The second-order valence-corrected chi connectivity index (χ2v) is 5.45. The third-order valence-corrected chi connectivity index (χ3v) is 3.67. The number of halogens is 1. The summed E-state index contributed by atoms with van der Waals surface area (Å²) in [5.74, 6) is -0.449. The molecule has 0 fully saturated rings. The number of rotatable bonds is 5. The molecule has 132 valence electrons. The van der Waals surface area contributed by atoms with Crippen LogP contribution in [0.1, 0.15) is 11.1 Å². The summed E-state index contributed by atoms with van der Waals surface area (Å²) in [4.78, 5) is 23.6. The summed E-state index contributed by atoms with van der Waals surface area (Å²) in [5, 5.41) is 0.646. The Labute approximate surface area is 148 Å². The molecule has 0 N–H and O–H groups in total. The van der Waals surface area contributed by atoms with Gasteiger partial charge in [-0.3, -0.25) is 0 Å². The number of hydrogen-bond donors (Lipinski definition) is 0. The number of esters is 1. The number of benzene rings is 2. The molecule has 0 bridgehead atoms. The van der Waals surface area contributed by atoms with Crippen molar-refractivity contribution < 1.29 is 23.1 Å². The normalized spacial score (nSPS) is 11.0. The van der Waals surface area contributed by atoms with Gasteiger partial charge in [-0.25, -0.2) is 14.0 Å². The first-order chi connectivity index (χ1) is 12.5. The molecule has 0 atom stereocenters. The molecule has 6 heteroatoms. The van der Waals surface area contributed by atoms with Gasteiger partial charge in [0.2, 0.25) is 0 Å². The highest BCUT2D eigenvalue weighted by molar-refractivity contribution is 5.87. The van der Waals surface area contributed by atoms with Crippen molar-refractivity contribution in [1.82, 2.24) is 0 Å². The second kappa shape index (κ2) is 7.65. The van der Waals surface area contributed by atoms with Crippen molar-refractivity contribution in [2.75, 3.05) is 7.11 Å². The summed E-state index contributed by atoms with van der Waals surface area (Å²) in [6, 6.07) is 12.1. The lowest BCUT2D eigenvalue weighted by atomic mass is 10.1. The van der Waals surface area contributed by atoms with E-state index in [0.29, 0.717) is 27.8 Å². The minimum absolute atomic E-state index is 0.0965. The topological polar surface area (TPSA) is 65.7 Å². The summed E-state index contributed by atoms with van der Waals surface area (Å²) in [7, 11) is 1.51. The van der Waals surface area contributed by atoms with E-state index in [0.717, 1.165) is 0 Å². The zero-order valence-electron chi connectivity index (χ0n) is 13.9. The lowest BCUT2D eigenvalue weighted by Gasteiger charge is -2.07. The average molecular weight is 354 g/mol. The Hall–Kier alpha value is -3.41. The third-order valence-electron chi connectivity index (χ3n) is 3.67. The Bertz CT molecular complexity index is 1040. The van der Waals surface area contributed by atoms with E-state index in [2.05, 4.69) is 0 Å². The molecule has 3 aromatic rings. The molecule has 0 radical (unpaired) electrons. The van der Waals surface area contributed by atoms with Gasteiger partial charge in [0.1, 0.15) is 23.8 Å². The van der Waals surface area contributed by atoms with E-state index in [1.165, 1.54) is 37.5 Å². The van der Waals surface area contributed by atoms with E-state index < -0.39 is 17.4 Å². The van der Waals surface area contributed by atoms with Crippen LogP contribution in [0.4, 0.5) is 4.39 Å². The molecule has 0 aliphatic carbocycles. The van der Waals surface area contributed by atoms with E-state index in [4.69, 9.17) is 13.9 Å². The summed E-state index contributed by atoms with van der Waals surface area (Å²) < 4.78 is 28.5. The van der Waals surface area contributed by atoms with Gasteiger partial charge in [-0.1, -0.05) is 12.1 Å². The van der Waals surface area contributed by atoms with E-state index in [-0.39, 0.29) is 6.61 Å². The van der Waals surface area contributed by atoms with Crippen LogP contribution in [0.2, 0.25) is 0 Å². The average Bonchev–Trinajstić information content (AvgIpc) is 2.63. The number of ether oxygens (including phenoxy) is 2. The second-order valence-electron chi connectivity index (χ2n) is 5.45. The maximum Gasteiger partial charge on any atom is 0.336 e. The molecule has 0 unspecified atom stereocenters. The van der Waals surface area contributed by atoms with Gasteiger partial charge < -0.3 is 13.9 Å². The molecule has 0 aliphatic rings. The number of fused-ring (bicyclic) bond motifs is 1. The number of carbonyl (C=O) groups excluding carboxylic acids is 1. The quantitative estimate of drug-likeness (QED) is 0.397. The van der Waals surface area contributed by atoms with Crippen LogP contribution in [0.3, 0.4) is 0 Å². The van der Waals surface area contributed by atoms with E-state index in [9.17, 15) is 14.0 Å². The molecule has 0 saturated heterocycles. The van der Waals surface area contributed by atoms with Gasteiger partial charge >= 0.3 is 11.6 Å². The van der Waals surface area contributed by atoms with E-state index in [1.807, 2.05) is 0 Å². The highest BCUT2D eigenvalue weighted by atomic mass is 19.1. The highest BCUT2D eigenvalue weighted by Gasteiger charge is 2.09. The van der Waals surface area contributed by atoms with Crippen LogP contribution in [0.15, 0.2) is 63.8 Å². The molecular weight excluding hydrogens is 339 g/mol. The molecule has 2 aromatic carbocycles. The Kier molecular flexibility index (Phi) is 5.12. The Morgan fingerprint density at radius 1 is 1.19 bits per heavy atom. The first-order valence-corrected chi connectivity index (χ1v) is 7.76. The molecule has 0 saturated carbocycles. The van der Waals surface area contributed by atoms with Gasteiger partial charge in [-0.15, -0.1) is 0 Å². The van der Waals surface area contributed by atoms with Crippen molar-refractivity contribution in [2.45, 2.75) is 6.61 Å². The lowest BCUT2D eigenvalue weighted by molar-refractivity contribution is -0.138. The van der Waals surface area contributed by atoms with Crippen molar-refractivity contribution in [3.05, 3.63) is 82.0 Å². The Balaban J connectivity index is 1.75. The molecule has 1 heterocycles. The predicted octanol–water partition coefficient (Wildman–Crippen LogP) is 3.70. The van der Waals surface area contributed by atoms with Crippen LogP contribution >= 0.6 is 0 Å². The highest BCUT2D eigenvalue weighted by Crippen LogP contribution is 2.23. The van der Waals surface area contributed by atoms with Gasteiger partial charge in [0, 0.05) is 29.2 Å². The zero-order chi connectivity index (χ0) is 18.5. The summed E-state index contributed by atoms with van der Waals surface area (Å²) in [5.41, 5.74) is 0.858. The summed E-state index contributed by atoms with van der Waals surface area (Å²) in [6.07, 6.45) is 2.65. The Morgan fingerprint density at radius 3 is 2.81 bits per heavy atom. The third kappa shape index (κ3) is 4.16. The van der Waals surface area contributed by atoms with E-state index in [1.54, 1.807) is 30.3 Å². The smallest absolute Gasteiger partial charge is 0.336 e. The van der Waals surface area contributed by atoms with Gasteiger partial charge in [-0.2, -0.15) is 0 Å². The molecule has 3 rings (SSSR count). The standard InChI is InChI=1S/C20H15FO5/c1-24-16-6-7-17-14(10-20(23)26-18(17)11-16)12-25-19(22)8-5-13-3-2-4-15(21)9-13/h2-11H,12H2,1H3. The van der Waals surface area contributed by atoms with Crippen molar-refractivity contribution >= 4 is 23.0 Å². The SMILES string of the molecule is COc1ccc2c(COC(=O)C=Cc3cccc(F)c3)cc(=O)oc2c1. The summed E-state index contributed by atoms with van der Waals surface area (Å²) >= 11 is 0. The fourth-order valence-corrected chi connectivity index (χ4v) is 2.43. The molecule has 5 nitrogen and oxygen atoms in total. The minimum Gasteiger partial charge on any atom is -0.497 e. The minimum atomic E-state index is -0.607. The van der Waals surface area contributed by atoms with Crippen molar-refractivity contribution in [2.24, 2.45) is 0 Å². The van der Waals surface area contributed by atoms with Crippen molar-refractivity contribution in [3.8, 4) is 5.75 Å². The number of carbonyl (C=O) groups is 1. The molecular formula is C20H15FO5. The van der Waals surface area contributed by atoms with Gasteiger partial charge in [-0.05, 0) is 35.9 Å². The first-order valence-electron chi connectivity index (χ1n) is 7.76. The molecule has 0 aliphatic heterocycles. The monoisotopic (exact) mass is 354 g/mol. The number of methoxy groups -OCH3 is 1. The first kappa shape index (κ1) is 17.4. The molecule has 26 heavy (non-hydrogen) atoms. The van der Waals surface area contributed by atoms with Gasteiger partial charge in [0.25, 0.3) is 0 Å². The number of hydrogen-bond acceptors (Lipinski definition) is 5. The maximum absolute atomic E-state index is 13.1. The summed E-state index contributed by atoms with van der Waals surface area (Å²) in [6.45, 7) is -0.0965.